The summed E-state index contributed by atoms with van der Waals surface area (Å²) in [5, 5.41) is 0. The van der Waals surface area contributed by atoms with Crippen molar-refractivity contribution in [2.45, 2.75) is 25.8 Å². The van der Waals surface area contributed by atoms with Crippen LogP contribution in [0, 0.1) is 0 Å². The van der Waals surface area contributed by atoms with Crippen molar-refractivity contribution in [3.8, 4) is 0 Å². The molecular weight excluding hydrogens is 130 g/mol. The van der Waals surface area contributed by atoms with Crippen LogP contribution in [0.2, 0.25) is 0 Å². The predicted octanol–water partition coefficient (Wildman–Crippen LogP) is 1.24. The third kappa shape index (κ3) is 1.23. The maximum absolute atomic E-state index is 10.9. The van der Waals surface area contributed by atoms with Crippen LogP contribution in [0.25, 0.3) is 0 Å². The number of carbonyl (C=O) groups excluding carboxylic acids is 1. The van der Waals surface area contributed by atoms with Crippen LogP contribution in [0.4, 0.5) is 4.79 Å². The number of rotatable bonds is 0. The zero-order chi connectivity index (χ0) is 7.56. The van der Waals surface area contributed by atoms with Gasteiger partial charge in [-0.05, 0) is 19.8 Å². The molecule has 0 aromatic carbocycles. The van der Waals surface area contributed by atoms with E-state index < -0.39 is 0 Å². The number of amides is 1. The molecule has 0 aromatic rings. The van der Waals surface area contributed by atoms with Crippen LogP contribution < -0.4 is 0 Å². The number of methoxy groups -OCH3 is 1. The Morgan fingerprint density at radius 3 is 2.80 bits per heavy atom. The number of hydrogen-bond acceptors (Lipinski definition) is 2. The molecule has 0 N–H and O–H groups in total. The van der Waals surface area contributed by atoms with Crippen LogP contribution in [0.15, 0.2) is 0 Å². The van der Waals surface area contributed by atoms with E-state index in [0.717, 1.165) is 19.4 Å². The molecule has 1 aliphatic heterocycles. The van der Waals surface area contributed by atoms with Gasteiger partial charge in [-0.1, -0.05) is 0 Å². The molecule has 58 valence electrons. The van der Waals surface area contributed by atoms with E-state index in [1.807, 2.05) is 6.92 Å². The Morgan fingerprint density at radius 2 is 2.40 bits per heavy atom. The third-order valence-electron chi connectivity index (χ3n) is 1.96. The lowest BCUT2D eigenvalue weighted by atomic mass is 10.2. The molecule has 3 nitrogen and oxygen atoms in total. The summed E-state index contributed by atoms with van der Waals surface area (Å²) in [5.74, 6) is 0. The van der Waals surface area contributed by atoms with Gasteiger partial charge in [-0.2, -0.15) is 0 Å². The molecule has 1 unspecified atom stereocenters. The zero-order valence-electron chi connectivity index (χ0n) is 6.46. The van der Waals surface area contributed by atoms with Gasteiger partial charge in [0.2, 0.25) is 0 Å². The third-order valence-corrected chi connectivity index (χ3v) is 1.96. The van der Waals surface area contributed by atoms with E-state index >= 15 is 0 Å². The summed E-state index contributed by atoms with van der Waals surface area (Å²) < 4.78 is 4.59. The summed E-state index contributed by atoms with van der Waals surface area (Å²) >= 11 is 0. The quantitative estimate of drug-likeness (QED) is 0.510. The molecule has 1 saturated heterocycles. The SMILES string of the molecule is COC(=O)N1CCCC1C. The van der Waals surface area contributed by atoms with Gasteiger partial charge in [-0.15, -0.1) is 0 Å². The average Bonchev–Trinajstić information content (AvgIpc) is 2.34. The van der Waals surface area contributed by atoms with E-state index in [9.17, 15) is 4.79 Å². The summed E-state index contributed by atoms with van der Waals surface area (Å²) in [6.45, 7) is 2.90. The minimum Gasteiger partial charge on any atom is -0.453 e. The first-order valence-corrected chi connectivity index (χ1v) is 3.60. The lowest BCUT2D eigenvalue weighted by Gasteiger charge is -2.18. The summed E-state index contributed by atoms with van der Waals surface area (Å²) in [4.78, 5) is 12.7. The highest BCUT2D eigenvalue weighted by Crippen LogP contribution is 2.16. The van der Waals surface area contributed by atoms with Crippen LogP contribution in [0.1, 0.15) is 19.8 Å². The molecule has 0 spiro atoms. The maximum atomic E-state index is 10.9. The molecule has 1 fully saturated rings. The molecule has 0 aliphatic carbocycles. The van der Waals surface area contributed by atoms with Gasteiger partial charge in [-0.25, -0.2) is 4.79 Å². The molecule has 0 radical (unpaired) electrons. The van der Waals surface area contributed by atoms with Crippen molar-refractivity contribution >= 4 is 6.09 Å². The van der Waals surface area contributed by atoms with Crippen molar-refractivity contribution < 1.29 is 9.53 Å². The fourth-order valence-corrected chi connectivity index (χ4v) is 1.32. The highest BCUT2D eigenvalue weighted by molar-refractivity contribution is 5.68. The van der Waals surface area contributed by atoms with Crippen molar-refractivity contribution in [2.24, 2.45) is 0 Å². The second-order valence-corrected chi connectivity index (χ2v) is 2.65. The largest absolute Gasteiger partial charge is 0.453 e. The molecule has 0 bridgehead atoms. The highest BCUT2D eigenvalue weighted by atomic mass is 16.5. The van der Waals surface area contributed by atoms with Gasteiger partial charge in [0.15, 0.2) is 0 Å². The van der Waals surface area contributed by atoms with E-state index in [1.165, 1.54) is 7.11 Å². The number of ether oxygens (including phenoxy) is 1. The van der Waals surface area contributed by atoms with E-state index in [4.69, 9.17) is 0 Å². The van der Waals surface area contributed by atoms with Gasteiger partial charge >= 0.3 is 6.09 Å². The number of likely N-dealkylation sites (tertiary alicyclic amines) is 1. The van der Waals surface area contributed by atoms with Gasteiger partial charge in [0.05, 0.1) is 7.11 Å². The first-order valence-electron chi connectivity index (χ1n) is 3.60. The molecule has 10 heavy (non-hydrogen) atoms. The summed E-state index contributed by atoms with van der Waals surface area (Å²) in [5.41, 5.74) is 0. The number of carbonyl (C=O) groups is 1. The van der Waals surface area contributed by atoms with Crippen LogP contribution in [0.5, 0.6) is 0 Å². The fourth-order valence-electron chi connectivity index (χ4n) is 1.32. The molecule has 1 aliphatic rings. The lowest BCUT2D eigenvalue weighted by Crippen LogP contribution is -2.33. The molecule has 1 rings (SSSR count). The van der Waals surface area contributed by atoms with Crippen LogP contribution in [-0.2, 0) is 4.74 Å². The molecule has 1 heterocycles. The molecular formula is C7H13NO2. The van der Waals surface area contributed by atoms with Crippen molar-refractivity contribution in [1.29, 1.82) is 0 Å². The van der Waals surface area contributed by atoms with E-state index in [2.05, 4.69) is 4.74 Å². The van der Waals surface area contributed by atoms with Gasteiger partial charge in [-0.3, -0.25) is 0 Å². The second-order valence-electron chi connectivity index (χ2n) is 2.65. The molecule has 0 aromatic heterocycles. The van der Waals surface area contributed by atoms with Crippen molar-refractivity contribution in [3.63, 3.8) is 0 Å². The lowest BCUT2D eigenvalue weighted by molar-refractivity contribution is 0.121. The normalized spacial score (nSPS) is 25.0. The smallest absolute Gasteiger partial charge is 0.409 e. The minimum absolute atomic E-state index is 0.190. The first-order chi connectivity index (χ1) is 4.75. The molecule has 1 amide bonds. The van der Waals surface area contributed by atoms with Crippen molar-refractivity contribution in [3.05, 3.63) is 0 Å². The topological polar surface area (TPSA) is 29.5 Å². The van der Waals surface area contributed by atoms with Crippen LogP contribution in [0.3, 0.4) is 0 Å². The van der Waals surface area contributed by atoms with Crippen LogP contribution >= 0.6 is 0 Å². The average molecular weight is 143 g/mol. The Bertz CT molecular complexity index is 136. The van der Waals surface area contributed by atoms with E-state index in [-0.39, 0.29) is 6.09 Å². The minimum atomic E-state index is -0.190. The monoisotopic (exact) mass is 143 g/mol. The Morgan fingerprint density at radius 1 is 1.70 bits per heavy atom. The molecule has 1 atom stereocenters. The highest BCUT2D eigenvalue weighted by Gasteiger charge is 2.25. The summed E-state index contributed by atoms with van der Waals surface area (Å²) in [6.07, 6.45) is 2.02. The predicted molar refractivity (Wildman–Crippen MR) is 37.8 cm³/mol. The van der Waals surface area contributed by atoms with Crippen molar-refractivity contribution in [1.82, 2.24) is 4.90 Å². The van der Waals surface area contributed by atoms with Gasteiger partial charge in [0.25, 0.3) is 0 Å². The first kappa shape index (κ1) is 7.38. The zero-order valence-corrected chi connectivity index (χ0v) is 6.46. The van der Waals surface area contributed by atoms with E-state index in [1.54, 1.807) is 4.90 Å². The van der Waals surface area contributed by atoms with E-state index in [0.29, 0.717) is 6.04 Å². The summed E-state index contributed by atoms with van der Waals surface area (Å²) in [7, 11) is 1.42. The molecule has 3 heteroatoms. The van der Waals surface area contributed by atoms with Gasteiger partial charge in [0.1, 0.15) is 0 Å². The Labute approximate surface area is 61.0 Å². The molecule has 0 saturated carbocycles. The number of nitrogens with zero attached hydrogens (tertiary/aromatic N) is 1. The second kappa shape index (κ2) is 2.90. The standard InChI is InChI=1S/C7H13NO2/c1-6-4-3-5-8(6)7(9)10-2/h6H,3-5H2,1-2H3. The van der Waals surface area contributed by atoms with Crippen molar-refractivity contribution in [2.75, 3.05) is 13.7 Å². The maximum Gasteiger partial charge on any atom is 0.409 e. The van der Waals surface area contributed by atoms with Gasteiger partial charge in [0, 0.05) is 12.6 Å². The number of hydrogen-bond donors (Lipinski definition) is 0. The Hall–Kier alpha value is -0.730. The van der Waals surface area contributed by atoms with Crippen LogP contribution in [-0.4, -0.2) is 30.7 Å². The van der Waals surface area contributed by atoms with Gasteiger partial charge < -0.3 is 9.64 Å². The fraction of sp³-hybridized carbons (Fsp3) is 0.857. The summed E-state index contributed by atoms with van der Waals surface area (Å²) in [6, 6.07) is 0.368. The Balaban J connectivity index is 2.46. The Kier molecular flexibility index (Phi) is 2.14.